The fourth-order valence-electron chi connectivity index (χ4n) is 3.45. The molecular formula is C18H24N2O3S. The summed E-state index contributed by atoms with van der Waals surface area (Å²) in [5.41, 5.74) is 2.52. The summed E-state index contributed by atoms with van der Waals surface area (Å²) in [5, 5.41) is 0. The van der Waals surface area contributed by atoms with E-state index in [4.69, 9.17) is 0 Å². The van der Waals surface area contributed by atoms with Crippen LogP contribution in [0, 0.1) is 5.92 Å². The Morgan fingerprint density at radius 3 is 2.54 bits per heavy atom. The highest BCUT2D eigenvalue weighted by atomic mass is 32.2. The van der Waals surface area contributed by atoms with E-state index in [9.17, 15) is 13.2 Å². The van der Waals surface area contributed by atoms with Crippen LogP contribution in [-0.4, -0.2) is 56.0 Å². The van der Waals surface area contributed by atoms with Crippen molar-refractivity contribution < 1.29 is 13.2 Å². The molecule has 1 unspecified atom stereocenters. The number of amides is 1. The van der Waals surface area contributed by atoms with E-state index in [0.717, 1.165) is 19.4 Å². The molecule has 1 aromatic carbocycles. The smallest absolute Gasteiger partial charge is 0.223 e. The molecule has 1 saturated heterocycles. The van der Waals surface area contributed by atoms with Gasteiger partial charge in [0.1, 0.15) is 0 Å². The first kappa shape index (κ1) is 17.2. The standard InChI is InChI=1S/C18H24N2O3S/c1-24(22,23)20-12-7-15(14-20)13-18(21)19-10-8-17(9-11-19)16-5-3-2-4-6-16/h2-6,8,15H,7,9-14H2,1H3. The number of rotatable bonds is 4. The number of carbonyl (C=O) groups excluding carboxylic acids is 1. The van der Waals surface area contributed by atoms with E-state index in [0.29, 0.717) is 26.1 Å². The van der Waals surface area contributed by atoms with Crippen LogP contribution in [0.4, 0.5) is 0 Å². The van der Waals surface area contributed by atoms with Gasteiger partial charge in [-0.05, 0) is 29.9 Å². The first-order chi connectivity index (χ1) is 11.4. The van der Waals surface area contributed by atoms with Crippen molar-refractivity contribution >= 4 is 21.5 Å². The lowest BCUT2D eigenvalue weighted by molar-refractivity contribution is -0.131. The molecular weight excluding hydrogens is 324 g/mol. The predicted octanol–water partition coefficient (Wildman–Crippen LogP) is 1.97. The van der Waals surface area contributed by atoms with Crippen LogP contribution in [-0.2, 0) is 14.8 Å². The lowest BCUT2D eigenvalue weighted by Gasteiger charge is -2.27. The molecule has 1 fully saturated rings. The van der Waals surface area contributed by atoms with Gasteiger partial charge in [-0.2, -0.15) is 0 Å². The van der Waals surface area contributed by atoms with E-state index in [1.165, 1.54) is 21.7 Å². The molecule has 5 nitrogen and oxygen atoms in total. The van der Waals surface area contributed by atoms with Gasteiger partial charge in [-0.15, -0.1) is 0 Å². The average Bonchev–Trinajstić information content (AvgIpc) is 3.05. The summed E-state index contributed by atoms with van der Waals surface area (Å²) in [6.07, 6.45) is 5.46. The monoisotopic (exact) mass is 348 g/mol. The third kappa shape index (κ3) is 4.05. The second-order valence-electron chi connectivity index (χ2n) is 6.66. The van der Waals surface area contributed by atoms with E-state index in [1.54, 1.807) is 0 Å². The molecule has 3 rings (SSSR count). The molecule has 0 bridgehead atoms. The number of nitrogens with zero attached hydrogens (tertiary/aromatic N) is 2. The molecule has 0 aromatic heterocycles. The normalized spacial score (nSPS) is 22.5. The summed E-state index contributed by atoms with van der Waals surface area (Å²) in [7, 11) is -3.14. The maximum absolute atomic E-state index is 12.5. The van der Waals surface area contributed by atoms with Crippen LogP contribution in [0.1, 0.15) is 24.8 Å². The minimum Gasteiger partial charge on any atom is -0.339 e. The number of benzene rings is 1. The first-order valence-corrected chi connectivity index (χ1v) is 10.3. The Labute approximate surface area is 144 Å². The highest BCUT2D eigenvalue weighted by Crippen LogP contribution is 2.25. The van der Waals surface area contributed by atoms with Crippen LogP contribution in [0.15, 0.2) is 36.4 Å². The molecule has 1 aromatic rings. The van der Waals surface area contributed by atoms with Crippen LogP contribution in [0.25, 0.3) is 5.57 Å². The van der Waals surface area contributed by atoms with Crippen LogP contribution in [0.5, 0.6) is 0 Å². The van der Waals surface area contributed by atoms with Gasteiger partial charge in [0.05, 0.1) is 6.26 Å². The molecule has 2 aliphatic rings. The Kier molecular flexibility index (Phi) is 5.06. The van der Waals surface area contributed by atoms with Crippen molar-refractivity contribution in [2.45, 2.75) is 19.3 Å². The quantitative estimate of drug-likeness (QED) is 0.836. The van der Waals surface area contributed by atoms with Gasteiger partial charge in [-0.1, -0.05) is 36.4 Å². The Morgan fingerprint density at radius 2 is 1.96 bits per heavy atom. The van der Waals surface area contributed by atoms with Crippen LogP contribution in [0.3, 0.4) is 0 Å². The van der Waals surface area contributed by atoms with Gasteiger partial charge < -0.3 is 4.90 Å². The van der Waals surface area contributed by atoms with Crippen LogP contribution >= 0.6 is 0 Å². The predicted molar refractivity (Wildman–Crippen MR) is 94.8 cm³/mol. The number of hydrogen-bond acceptors (Lipinski definition) is 3. The van der Waals surface area contributed by atoms with Gasteiger partial charge in [0.25, 0.3) is 0 Å². The molecule has 1 atom stereocenters. The zero-order valence-corrected chi connectivity index (χ0v) is 14.8. The molecule has 0 spiro atoms. The van der Waals surface area contributed by atoms with Crippen LogP contribution in [0.2, 0.25) is 0 Å². The Bertz CT molecular complexity index is 728. The fourth-order valence-corrected chi connectivity index (χ4v) is 4.37. The molecule has 0 radical (unpaired) electrons. The third-order valence-electron chi connectivity index (χ3n) is 4.89. The summed E-state index contributed by atoms with van der Waals surface area (Å²) in [4.78, 5) is 14.4. The van der Waals surface area contributed by atoms with E-state index in [1.807, 2.05) is 23.1 Å². The second kappa shape index (κ2) is 7.07. The van der Waals surface area contributed by atoms with E-state index in [-0.39, 0.29) is 11.8 Å². The Hall–Kier alpha value is -1.66. The zero-order valence-electron chi connectivity index (χ0n) is 14.0. The maximum atomic E-state index is 12.5. The number of sulfonamides is 1. The van der Waals surface area contributed by atoms with Crippen LogP contribution < -0.4 is 0 Å². The molecule has 1 amide bonds. The molecule has 2 aliphatic heterocycles. The SMILES string of the molecule is CS(=O)(=O)N1CCC(CC(=O)N2CC=C(c3ccccc3)CC2)C1. The van der Waals surface area contributed by atoms with Gasteiger partial charge in [0, 0.05) is 32.6 Å². The first-order valence-electron chi connectivity index (χ1n) is 8.41. The van der Waals surface area contributed by atoms with Gasteiger partial charge in [0.2, 0.25) is 15.9 Å². The Balaban J connectivity index is 1.54. The van der Waals surface area contributed by atoms with Crippen molar-refractivity contribution in [2.75, 3.05) is 32.4 Å². The largest absolute Gasteiger partial charge is 0.339 e. The molecule has 0 aliphatic carbocycles. The van der Waals surface area contributed by atoms with E-state index < -0.39 is 10.0 Å². The Morgan fingerprint density at radius 1 is 1.21 bits per heavy atom. The molecule has 0 saturated carbocycles. The average molecular weight is 348 g/mol. The minimum atomic E-state index is -3.14. The maximum Gasteiger partial charge on any atom is 0.223 e. The van der Waals surface area contributed by atoms with Gasteiger partial charge in [0.15, 0.2) is 0 Å². The van der Waals surface area contributed by atoms with Gasteiger partial charge in [-0.3, -0.25) is 4.79 Å². The number of carbonyl (C=O) groups is 1. The van der Waals surface area contributed by atoms with E-state index in [2.05, 4.69) is 18.2 Å². The van der Waals surface area contributed by atoms with Crippen molar-refractivity contribution in [1.82, 2.24) is 9.21 Å². The van der Waals surface area contributed by atoms with Crippen molar-refractivity contribution in [3.05, 3.63) is 42.0 Å². The zero-order chi connectivity index (χ0) is 17.2. The summed E-state index contributed by atoms with van der Waals surface area (Å²) in [5.74, 6) is 0.283. The fraction of sp³-hybridized carbons (Fsp3) is 0.500. The summed E-state index contributed by atoms with van der Waals surface area (Å²) >= 11 is 0. The molecule has 2 heterocycles. The highest BCUT2D eigenvalue weighted by Gasteiger charge is 2.31. The number of hydrogen-bond donors (Lipinski definition) is 0. The van der Waals surface area contributed by atoms with Crippen molar-refractivity contribution in [1.29, 1.82) is 0 Å². The lowest BCUT2D eigenvalue weighted by atomic mass is 9.98. The van der Waals surface area contributed by atoms with Gasteiger partial charge in [-0.25, -0.2) is 12.7 Å². The second-order valence-corrected chi connectivity index (χ2v) is 8.65. The third-order valence-corrected chi connectivity index (χ3v) is 6.16. The highest BCUT2D eigenvalue weighted by molar-refractivity contribution is 7.88. The molecule has 24 heavy (non-hydrogen) atoms. The van der Waals surface area contributed by atoms with Crippen molar-refractivity contribution in [3.63, 3.8) is 0 Å². The summed E-state index contributed by atoms with van der Waals surface area (Å²) in [6.45, 7) is 2.39. The van der Waals surface area contributed by atoms with Crippen molar-refractivity contribution in [3.8, 4) is 0 Å². The molecule has 0 N–H and O–H groups in total. The van der Waals surface area contributed by atoms with Crippen molar-refractivity contribution in [2.24, 2.45) is 5.92 Å². The molecule has 130 valence electrons. The van der Waals surface area contributed by atoms with Gasteiger partial charge >= 0.3 is 0 Å². The summed E-state index contributed by atoms with van der Waals surface area (Å²) < 4.78 is 24.6. The van der Waals surface area contributed by atoms with E-state index >= 15 is 0 Å². The topological polar surface area (TPSA) is 57.7 Å². The summed E-state index contributed by atoms with van der Waals surface area (Å²) in [6, 6.07) is 10.3. The lowest BCUT2D eigenvalue weighted by Crippen LogP contribution is -2.36. The minimum absolute atomic E-state index is 0.138. The molecule has 6 heteroatoms.